The van der Waals surface area contributed by atoms with Crippen molar-refractivity contribution >= 4 is 23.9 Å². The van der Waals surface area contributed by atoms with E-state index in [9.17, 15) is 19.2 Å². The molecular formula is C31H43N3O6. The second-order valence-electron chi connectivity index (χ2n) is 10.9. The Balaban J connectivity index is 2.45. The molecule has 0 saturated heterocycles. The van der Waals surface area contributed by atoms with Crippen molar-refractivity contribution in [2.75, 3.05) is 13.2 Å². The minimum Gasteiger partial charge on any atom is -0.466 e. The third-order valence-electron chi connectivity index (χ3n) is 5.94. The van der Waals surface area contributed by atoms with Crippen molar-refractivity contribution in [2.45, 2.75) is 85.0 Å². The summed E-state index contributed by atoms with van der Waals surface area (Å²) in [5.41, 5.74) is 1.69. The van der Waals surface area contributed by atoms with Crippen LogP contribution in [0, 0.1) is 6.92 Å². The van der Waals surface area contributed by atoms with Crippen LogP contribution in [0.1, 0.15) is 70.7 Å². The van der Waals surface area contributed by atoms with Crippen molar-refractivity contribution in [1.82, 2.24) is 15.5 Å². The lowest BCUT2D eigenvalue weighted by atomic mass is 9.98. The zero-order chi connectivity index (χ0) is 29.9. The van der Waals surface area contributed by atoms with E-state index >= 15 is 0 Å². The Labute approximate surface area is 237 Å². The van der Waals surface area contributed by atoms with Crippen molar-refractivity contribution in [3.8, 4) is 0 Å². The molecule has 9 nitrogen and oxygen atoms in total. The zero-order valence-corrected chi connectivity index (χ0v) is 24.7. The number of hydrogen-bond donors (Lipinski definition) is 2. The van der Waals surface area contributed by atoms with Crippen molar-refractivity contribution in [3.05, 3.63) is 71.3 Å². The molecule has 2 N–H and O–H groups in total. The molecule has 0 aromatic heterocycles. The maximum atomic E-state index is 14.2. The maximum Gasteiger partial charge on any atom is 0.408 e. The first-order valence-electron chi connectivity index (χ1n) is 13.7. The topological polar surface area (TPSA) is 114 Å². The fourth-order valence-corrected chi connectivity index (χ4v) is 4.16. The van der Waals surface area contributed by atoms with Crippen molar-refractivity contribution in [1.29, 1.82) is 0 Å². The van der Waals surface area contributed by atoms with Gasteiger partial charge in [0.05, 0.1) is 13.0 Å². The van der Waals surface area contributed by atoms with Gasteiger partial charge in [-0.05, 0) is 59.6 Å². The summed E-state index contributed by atoms with van der Waals surface area (Å²) in [6, 6.07) is 14.3. The molecule has 0 spiro atoms. The van der Waals surface area contributed by atoms with Crippen LogP contribution in [0.4, 0.5) is 4.79 Å². The molecule has 218 valence electrons. The van der Waals surface area contributed by atoms with Crippen molar-refractivity contribution in [2.24, 2.45) is 0 Å². The summed E-state index contributed by atoms with van der Waals surface area (Å²) in [6.45, 7) is 12.8. The lowest BCUT2D eigenvalue weighted by molar-refractivity contribution is -0.145. The first-order valence-corrected chi connectivity index (χ1v) is 13.7. The third kappa shape index (κ3) is 10.4. The largest absolute Gasteiger partial charge is 0.466 e. The number of esters is 1. The molecule has 2 aromatic carbocycles. The third-order valence-corrected chi connectivity index (χ3v) is 5.94. The normalized spacial score (nSPS) is 12.7. The lowest BCUT2D eigenvalue weighted by Gasteiger charge is -2.37. The van der Waals surface area contributed by atoms with E-state index in [1.807, 2.05) is 63.2 Å². The SMILES string of the molecule is CCOC(=O)CCNC(=O)C(c1ccc(C)cc1)N(C(=O)C(Cc1ccccc1)NC(=O)OC(C)(C)C)C(C)C. The number of carbonyl (C=O) groups is 4. The number of hydrogen-bond acceptors (Lipinski definition) is 6. The van der Waals surface area contributed by atoms with E-state index in [1.165, 1.54) is 4.90 Å². The molecular weight excluding hydrogens is 510 g/mol. The molecule has 0 bridgehead atoms. The molecule has 0 radical (unpaired) electrons. The van der Waals surface area contributed by atoms with Crippen LogP contribution in [0.2, 0.25) is 0 Å². The van der Waals surface area contributed by atoms with Crippen LogP contribution < -0.4 is 10.6 Å². The monoisotopic (exact) mass is 553 g/mol. The summed E-state index contributed by atoms with van der Waals surface area (Å²) in [6.07, 6.45) is -0.517. The Morgan fingerprint density at radius 3 is 2.12 bits per heavy atom. The minimum atomic E-state index is -1.01. The average molecular weight is 554 g/mol. The van der Waals surface area contributed by atoms with Crippen molar-refractivity contribution < 1.29 is 28.7 Å². The van der Waals surface area contributed by atoms with Gasteiger partial charge in [-0.25, -0.2) is 4.79 Å². The number of rotatable bonds is 12. The van der Waals surface area contributed by atoms with Gasteiger partial charge in [-0.2, -0.15) is 0 Å². The van der Waals surface area contributed by atoms with Crippen LogP contribution >= 0.6 is 0 Å². The van der Waals surface area contributed by atoms with Gasteiger partial charge >= 0.3 is 12.1 Å². The van der Waals surface area contributed by atoms with E-state index < -0.39 is 47.6 Å². The van der Waals surface area contributed by atoms with E-state index in [1.54, 1.807) is 39.8 Å². The Morgan fingerprint density at radius 2 is 1.57 bits per heavy atom. The Morgan fingerprint density at radius 1 is 0.950 bits per heavy atom. The van der Waals surface area contributed by atoms with E-state index in [-0.39, 0.29) is 26.0 Å². The van der Waals surface area contributed by atoms with Gasteiger partial charge in [-0.15, -0.1) is 0 Å². The number of nitrogens with zero attached hydrogens (tertiary/aromatic N) is 1. The van der Waals surface area contributed by atoms with E-state index in [4.69, 9.17) is 9.47 Å². The zero-order valence-electron chi connectivity index (χ0n) is 24.7. The Kier molecular flexibility index (Phi) is 12.2. The number of alkyl carbamates (subject to hydrolysis) is 1. The van der Waals surface area contributed by atoms with E-state index in [2.05, 4.69) is 10.6 Å². The fourth-order valence-electron chi connectivity index (χ4n) is 4.16. The molecule has 0 heterocycles. The van der Waals surface area contributed by atoms with Crippen LogP contribution in [0.15, 0.2) is 54.6 Å². The summed E-state index contributed by atoms with van der Waals surface area (Å²) in [5.74, 6) is -1.29. The van der Waals surface area contributed by atoms with Crippen LogP contribution in [-0.2, 0) is 30.3 Å². The highest BCUT2D eigenvalue weighted by Gasteiger charge is 2.37. The molecule has 40 heavy (non-hydrogen) atoms. The van der Waals surface area contributed by atoms with Crippen LogP contribution in [-0.4, -0.2) is 59.6 Å². The Hall–Kier alpha value is -3.88. The predicted octanol–water partition coefficient (Wildman–Crippen LogP) is 4.48. The standard InChI is InChI=1S/C31H43N3O6/c1-8-39-26(35)18-19-32-28(36)27(24-16-14-22(4)15-17-24)34(21(2)3)29(37)25(20-23-12-10-9-11-13-23)33-30(38)40-31(5,6)7/h9-17,21,25,27H,8,18-20H2,1-7H3,(H,32,36)(H,33,38). The molecule has 0 aliphatic carbocycles. The highest BCUT2D eigenvalue weighted by atomic mass is 16.6. The van der Waals surface area contributed by atoms with E-state index in [0.717, 1.165) is 11.1 Å². The highest BCUT2D eigenvalue weighted by Crippen LogP contribution is 2.26. The van der Waals surface area contributed by atoms with Crippen LogP contribution in [0.5, 0.6) is 0 Å². The average Bonchev–Trinajstić information content (AvgIpc) is 2.86. The second-order valence-corrected chi connectivity index (χ2v) is 10.9. The number of aryl methyl sites for hydroxylation is 1. The van der Waals surface area contributed by atoms with Crippen LogP contribution in [0.3, 0.4) is 0 Å². The summed E-state index contributed by atoms with van der Waals surface area (Å²) < 4.78 is 10.4. The second kappa shape index (κ2) is 15.1. The number of ether oxygens (including phenoxy) is 2. The van der Waals surface area contributed by atoms with Crippen LogP contribution in [0.25, 0.3) is 0 Å². The van der Waals surface area contributed by atoms with Gasteiger partial charge in [-0.1, -0.05) is 60.2 Å². The quantitative estimate of drug-likeness (QED) is 0.375. The van der Waals surface area contributed by atoms with Gasteiger partial charge in [0.1, 0.15) is 17.7 Å². The minimum absolute atomic E-state index is 0.00660. The first kappa shape index (κ1) is 32.3. The number of amides is 3. The molecule has 2 rings (SSSR count). The van der Waals surface area contributed by atoms with Gasteiger partial charge in [0.15, 0.2) is 0 Å². The van der Waals surface area contributed by atoms with Gasteiger partial charge < -0.3 is 25.0 Å². The Bertz CT molecular complexity index is 1130. The lowest BCUT2D eigenvalue weighted by Crippen LogP contribution is -2.55. The molecule has 9 heteroatoms. The molecule has 3 amide bonds. The van der Waals surface area contributed by atoms with Gasteiger partial charge in [0, 0.05) is 19.0 Å². The molecule has 0 fully saturated rings. The van der Waals surface area contributed by atoms with E-state index in [0.29, 0.717) is 5.56 Å². The number of carbonyl (C=O) groups excluding carboxylic acids is 4. The fraction of sp³-hybridized carbons (Fsp3) is 0.484. The predicted molar refractivity (Wildman–Crippen MR) is 153 cm³/mol. The number of benzene rings is 2. The van der Waals surface area contributed by atoms with Crippen molar-refractivity contribution in [3.63, 3.8) is 0 Å². The number of nitrogens with one attached hydrogen (secondary N) is 2. The molecule has 0 aliphatic rings. The summed E-state index contributed by atoms with van der Waals surface area (Å²) in [5, 5.41) is 5.53. The molecule has 2 atom stereocenters. The first-order chi connectivity index (χ1) is 18.8. The highest BCUT2D eigenvalue weighted by molar-refractivity contribution is 5.92. The summed E-state index contributed by atoms with van der Waals surface area (Å²) in [7, 11) is 0. The smallest absolute Gasteiger partial charge is 0.408 e. The molecule has 2 aromatic rings. The molecule has 2 unspecified atom stereocenters. The van der Waals surface area contributed by atoms with Gasteiger partial charge in [-0.3, -0.25) is 14.4 Å². The maximum absolute atomic E-state index is 14.2. The summed E-state index contributed by atoms with van der Waals surface area (Å²) in [4.78, 5) is 54.0. The molecule has 0 aliphatic heterocycles. The van der Waals surface area contributed by atoms with Gasteiger partial charge in [0.2, 0.25) is 11.8 Å². The summed E-state index contributed by atoms with van der Waals surface area (Å²) >= 11 is 0. The van der Waals surface area contributed by atoms with Gasteiger partial charge in [0.25, 0.3) is 0 Å². The molecule has 0 saturated carbocycles.